The third-order valence-corrected chi connectivity index (χ3v) is 5.33. The van der Waals surface area contributed by atoms with E-state index in [2.05, 4.69) is 38.3 Å². The summed E-state index contributed by atoms with van der Waals surface area (Å²) >= 11 is 0. The van der Waals surface area contributed by atoms with Crippen molar-refractivity contribution in [1.82, 2.24) is 24.8 Å². The van der Waals surface area contributed by atoms with Gasteiger partial charge in [-0.3, -0.25) is 5.32 Å². The van der Waals surface area contributed by atoms with Crippen molar-refractivity contribution >= 4 is 17.9 Å². The van der Waals surface area contributed by atoms with Crippen molar-refractivity contribution in [3.8, 4) is 17.6 Å². The van der Waals surface area contributed by atoms with Gasteiger partial charge >= 0.3 is 12.0 Å². The summed E-state index contributed by atoms with van der Waals surface area (Å²) in [5.41, 5.74) is 3.30. The molecule has 0 radical (unpaired) electrons. The summed E-state index contributed by atoms with van der Waals surface area (Å²) in [5.74, 6) is 1.69. The molecule has 1 aliphatic heterocycles. The molecule has 1 fully saturated rings. The van der Waals surface area contributed by atoms with Gasteiger partial charge in [-0.15, -0.1) is 0 Å². The maximum atomic E-state index is 12.6. The van der Waals surface area contributed by atoms with Gasteiger partial charge in [-0.2, -0.15) is 0 Å². The van der Waals surface area contributed by atoms with Gasteiger partial charge in [-0.1, -0.05) is 30.7 Å². The molecule has 1 saturated heterocycles. The fraction of sp³-hybridized carbons (Fsp3) is 0.292. The number of hydrogen-bond acceptors (Lipinski definition) is 7. The van der Waals surface area contributed by atoms with Crippen LogP contribution in [-0.2, 0) is 0 Å². The Morgan fingerprint density at radius 3 is 2.67 bits per heavy atom. The third kappa shape index (κ3) is 5.82. The van der Waals surface area contributed by atoms with Crippen LogP contribution < -0.4 is 14.8 Å². The van der Waals surface area contributed by atoms with Crippen molar-refractivity contribution < 1.29 is 14.3 Å². The monoisotopic (exact) mass is 446 g/mol. The number of methoxy groups -OCH3 is 1. The Morgan fingerprint density at radius 1 is 1.15 bits per heavy atom. The molecule has 9 nitrogen and oxygen atoms in total. The number of rotatable bonds is 5. The Morgan fingerprint density at radius 2 is 1.97 bits per heavy atom. The van der Waals surface area contributed by atoms with Crippen LogP contribution in [-0.4, -0.2) is 51.1 Å². The molecule has 9 heteroatoms. The molecule has 1 N–H and O–H groups in total. The number of amides is 2. The first-order valence-corrected chi connectivity index (χ1v) is 10.7. The first-order chi connectivity index (χ1) is 16.0. The maximum absolute atomic E-state index is 12.6. The molecule has 33 heavy (non-hydrogen) atoms. The summed E-state index contributed by atoms with van der Waals surface area (Å²) in [7, 11) is 1.52. The highest BCUT2D eigenvalue weighted by Crippen LogP contribution is 2.27. The van der Waals surface area contributed by atoms with Crippen LogP contribution >= 0.6 is 0 Å². The van der Waals surface area contributed by atoms with Crippen molar-refractivity contribution in [3.05, 3.63) is 65.8 Å². The van der Waals surface area contributed by atoms with Gasteiger partial charge in [-0.25, -0.2) is 24.7 Å². The van der Waals surface area contributed by atoms with E-state index in [4.69, 9.17) is 9.47 Å². The molecular weight excluding hydrogens is 420 g/mol. The van der Waals surface area contributed by atoms with Gasteiger partial charge in [0, 0.05) is 25.5 Å². The number of aromatic nitrogens is 4. The topological polar surface area (TPSA) is 102 Å². The molecule has 2 aromatic heterocycles. The predicted octanol–water partition coefficient (Wildman–Crippen LogP) is 4.33. The molecule has 1 aromatic carbocycles. The average Bonchev–Trinajstić information content (AvgIpc) is 2.82. The van der Waals surface area contributed by atoms with Crippen molar-refractivity contribution in [1.29, 1.82) is 0 Å². The lowest BCUT2D eigenvalue weighted by Gasteiger charge is -2.33. The Labute approximate surface area is 192 Å². The lowest BCUT2D eigenvalue weighted by Crippen LogP contribution is -2.42. The summed E-state index contributed by atoms with van der Waals surface area (Å²) in [6.45, 7) is 5.30. The Kier molecular flexibility index (Phi) is 6.77. The molecule has 0 saturated carbocycles. The fourth-order valence-electron chi connectivity index (χ4n) is 3.54. The van der Waals surface area contributed by atoms with Crippen LogP contribution in [0.5, 0.6) is 17.6 Å². The van der Waals surface area contributed by atoms with Crippen LogP contribution in [0.4, 0.5) is 10.6 Å². The molecule has 0 aliphatic carbocycles. The Bertz CT molecular complexity index is 1130. The van der Waals surface area contributed by atoms with Gasteiger partial charge in [0.2, 0.25) is 5.88 Å². The standard InChI is InChI=1S/C24H26N6O3/c1-16-11-27-23(28-12-16)33-20-6-4-5-18(10-20)9-19-7-8-30(15-17(19)2)24(31)29-21-13-26-22(32-3)14-25-21/h4-6,9-14,17H,7-8,15H2,1-3H3,(H,25,29,31)/b19-9+. The predicted molar refractivity (Wildman–Crippen MR) is 124 cm³/mol. The zero-order valence-electron chi connectivity index (χ0n) is 18.9. The molecule has 1 atom stereocenters. The van der Waals surface area contributed by atoms with Gasteiger partial charge in [0.1, 0.15) is 5.75 Å². The number of carbonyl (C=O) groups excluding carboxylic acids is 1. The number of nitrogens with zero attached hydrogens (tertiary/aromatic N) is 5. The van der Waals surface area contributed by atoms with Crippen LogP contribution in [0.1, 0.15) is 24.5 Å². The maximum Gasteiger partial charge on any atom is 0.323 e. The quantitative estimate of drug-likeness (QED) is 0.622. The molecule has 0 bridgehead atoms. The zero-order chi connectivity index (χ0) is 23.2. The summed E-state index contributed by atoms with van der Waals surface area (Å²) in [6, 6.07) is 7.95. The zero-order valence-corrected chi connectivity index (χ0v) is 18.9. The smallest absolute Gasteiger partial charge is 0.323 e. The minimum absolute atomic E-state index is 0.186. The second-order valence-electron chi connectivity index (χ2n) is 7.91. The first kappa shape index (κ1) is 22.2. The largest absolute Gasteiger partial charge is 0.480 e. The van der Waals surface area contributed by atoms with Gasteiger partial charge in [0.25, 0.3) is 0 Å². The number of likely N-dealkylation sites (tertiary alicyclic amines) is 1. The van der Waals surface area contributed by atoms with Crippen LogP contribution in [0.25, 0.3) is 6.08 Å². The number of carbonyl (C=O) groups is 1. The van der Waals surface area contributed by atoms with E-state index in [1.165, 1.54) is 25.1 Å². The highest BCUT2D eigenvalue weighted by molar-refractivity contribution is 5.88. The molecule has 170 valence electrons. The number of urea groups is 1. The molecule has 0 spiro atoms. The van der Waals surface area contributed by atoms with E-state index < -0.39 is 0 Å². The minimum Gasteiger partial charge on any atom is -0.480 e. The summed E-state index contributed by atoms with van der Waals surface area (Å²) in [6.07, 6.45) is 9.35. The number of nitrogens with one attached hydrogen (secondary N) is 1. The van der Waals surface area contributed by atoms with E-state index in [-0.39, 0.29) is 11.9 Å². The number of ether oxygens (including phenoxy) is 2. The Balaban J connectivity index is 1.37. The van der Waals surface area contributed by atoms with Crippen LogP contribution in [0.15, 0.2) is 54.6 Å². The van der Waals surface area contributed by atoms with Crippen LogP contribution in [0.2, 0.25) is 0 Å². The first-order valence-electron chi connectivity index (χ1n) is 10.7. The van der Waals surface area contributed by atoms with E-state index >= 15 is 0 Å². The third-order valence-electron chi connectivity index (χ3n) is 5.33. The molecular formula is C24H26N6O3. The minimum atomic E-state index is -0.186. The van der Waals surface area contributed by atoms with E-state index in [1.54, 1.807) is 17.3 Å². The number of anilines is 1. The van der Waals surface area contributed by atoms with Crippen LogP contribution in [0, 0.1) is 12.8 Å². The summed E-state index contributed by atoms with van der Waals surface area (Å²) < 4.78 is 10.8. The fourth-order valence-corrected chi connectivity index (χ4v) is 3.54. The van der Waals surface area contributed by atoms with Crippen molar-refractivity contribution in [2.75, 3.05) is 25.5 Å². The SMILES string of the molecule is COc1cnc(NC(=O)N2CC/C(=C\c3cccc(Oc4ncc(C)cn4)c3)C(C)C2)cn1. The van der Waals surface area contributed by atoms with E-state index in [1.807, 2.05) is 31.2 Å². The number of aryl methyl sites for hydroxylation is 1. The Hall–Kier alpha value is -4.01. The molecule has 2 amide bonds. The van der Waals surface area contributed by atoms with E-state index in [0.29, 0.717) is 36.5 Å². The molecule has 3 heterocycles. The summed E-state index contributed by atoms with van der Waals surface area (Å²) in [4.78, 5) is 31.0. The number of benzene rings is 1. The van der Waals surface area contributed by atoms with Gasteiger partial charge in [-0.05, 0) is 42.5 Å². The van der Waals surface area contributed by atoms with Gasteiger partial charge in [0.05, 0.1) is 19.5 Å². The molecule has 1 unspecified atom stereocenters. The van der Waals surface area contributed by atoms with E-state index in [9.17, 15) is 4.79 Å². The molecule has 1 aliphatic rings. The van der Waals surface area contributed by atoms with Crippen LogP contribution in [0.3, 0.4) is 0 Å². The summed E-state index contributed by atoms with van der Waals surface area (Å²) in [5, 5.41) is 2.79. The second-order valence-corrected chi connectivity index (χ2v) is 7.91. The second kappa shape index (κ2) is 10.1. The highest BCUT2D eigenvalue weighted by atomic mass is 16.5. The normalized spacial score (nSPS) is 17.0. The molecule has 3 aromatic rings. The van der Waals surface area contributed by atoms with Crippen molar-refractivity contribution in [2.24, 2.45) is 5.92 Å². The van der Waals surface area contributed by atoms with Crippen molar-refractivity contribution in [3.63, 3.8) is 0 Å². The lowest BCUT2D eigenvalue weighted by molar-refractivity contribution is 0.197. The molecule has 4 rings (SSSR count). The van der Waals surface area contributed by atoms with Gasteiger partial charge in [0.15, 0.2) is 5.82 Å². The van der Waals surface area contributed by atoms with Crippen molar-refractivity contribution in [2.45, 2.75) is 20.3 Å². The highest BCUT2D eigenvalue weighted by Gasteiger charge is 2.24. The van der Waals surface area contributed by atoms with Gasteiger partial charge < -0.3 is 14.4 Å². The lowest BCUT2D eigenvalue weighted by atomic mass is 9.91. The number of hydrogen-bond donors (Lipinski definition) is 1. The average molecular weight is 447 g/mol. The van der Waals surface area contributed by atoms with E-state index in [0.717, 1.165) is 17.5 Å². The number of piperidine rings is 1.